The first-order valence-corrected chi connectivity index (χ1v) is 8.41. The van der Waals surface area contributed by atoms with Crippen LogP contribution in [0.25, 0.3) is 0 Å². The number of amides is 1. The van der Waals surface area contributed by atoms with Gasteiger partial charge in [0.25, 0.3) is 5.91 Å². The Morgan fingerprint density at radius 2 is 2.13 bits per heavy atom. The van der Waals surface area contributed by atoms with E-state index in [4.69, 9.17) is 0 Å². The van der Waals surface area contributed by atoms with E-state index in [0.29, 0.717) is 29.5 Å². The van der Waals surface area contributed by atoms with Crippen molar-refractivity contribution in [2.45, 2.75) is 44.2 Å². The number of fused-ring (bicyclic) bond motifs is 4. The summed E-state index contributed by atoms with van der Waals surface area (Å²) in [5.74, 6) is 0.643. The minimum atomic E-state index is -0.623. The van der Waals surface area contributed by atoms with Crippen LogP contribution in [0.15, 0.2) is 18.6 Å². The fraction of sp³-hybridized carbons (Fsp3) is 0.647. The molecule has 5 rings (SSSR count). The molecule has 1 N–H and O–H groups in total. The number of aliphatic carboxylic acids is 1. The maximum atomic E-state index is 12.7. The lowest BCUT2D eigenvalue weighted by Crippen LogP contribution is -2.35. The van der Waals surface area contributed by atoms with Crippen LogP contribution in [0.2, 0.25) is 0 Å². The van der Waals surface area contributed by atoms with Crippen LogP contribution in [0.3, 0.4) is 0 Å². The Balaban J connectivity index is 1.45. The van der Waals surface area contributed by atoms with Crippen LogP contribution in [0.4, 0.5) is 0 Å². The molecule has 0 radical (unpaired) electrons. The topological polar surface area (TPSA) is 83.2 Å². The Bertz CT molecular complexity index is 694. The van der Waals surface area contributed by atoms with Crippen molar-refractivity contribution in [2.75, 3.05) is 0 Å². The number of carboxylic acid groups (broad SMARTS) is 1. The maximum absolute atomic E-state index is 12.7. The molecule has 0 spiro atoms. The van der Waals surface area contributed by atoms with Crippen LogP contribution in [-0.2, 0) is 4.79 Å². The van der Waals surface area contributed by atoms with Gasteiger partial charge in [0.05, 0.1) is 17.5 Å². The molecule has 6 heteroatoms. The molecule has 0 aromatic carbocycles. The van der Waals surface area contributed by atoms with Gasteiger partial charge < -0.3 is 10.0 Å². The Morgan fingerprint density at radius 3 is 2.87 bits per heavy atom. The molecule has 1 saturated heterocycles. The molecule has 4 fully saturated rings. The highest BCUT2D eigenvalue weighted by Crippen LogP contribution is 2.64. The number of likely N-dealkylation sites (tertiary alicyclic amines) is 1. The average Bonchev–Trinajstić information content (AvgIpc) is 3.18. The summed E-state index contributed by atoms with van der Waals surface area (Å²) >= 11 is 0. The summed E-state index contributed by atoms with van der Waals surface area (Å²) < 4.78 is 0. The minimum absolute atomic E-state index is 0.0171. The van der Waals surface area contributed by atoms with Crippen molar-refractivity contribution < 1.29 is 14.7 Å². The number of carbonyl (C=O) groups is 2. The van der Waals surface area contributed by atoms with Crippen molar-refractivity contribution >= 4 is 11.9 Å². The summed E-state index contributed by atoms with van der Waals surface area (Å²) in [6.07, 6.45) is 7.47. The van der Waals surface area contributed by atoms with Gasteiger partial charge in [-0.25, -0.2) is 9.97 Å². The third-order valence-electron chi connectivity index (χ3n) is 6.69. The summed E-state index contributed by atoms with van der Waals surface area (Å²) in [4.78, 5) is 34.5. The fourth-order valence-electron chi connectivity index (χ4n) is 5.91. The van der Waals surface area contributed by atoms with Gasteiger partial charge in [-0.1, -0.05) is 0 Å². The first-order chi connectivity index (χ1) is 11.1. The van der Waals surface area contributed by atoms with Crippen LogP contribution in [0, 0.1) is 23.2 Å². The lowest BCUT2D eigenvalue weighted by atomic mass is 9.70. The molecule has 3 bridgehead atoms. The molecule has 6 nitrogen and oxygen atoms in total. The number of carbonyl (C=O) groups excluding carboxylic acids is 1. The van der Waals surface area contributed by atoms with Gasteiger partial charge in [0.15, 0.2) is 0 Å². The number of aromatic nitrogens is 2. The molecule has 1 aromatic heterocycles. The molecule has 120 valence electrons. The van der Waals surface area contributed by atoms with Crippen LogP contribution in [0.1, 0.15) is 42.6 Å². The van der Waals surface area contributed by atoms with E-state index in [2.05, 4.69) is 9.97 Å². The summed E-state index contributed by atoms with van der Waals surface area (Å²) in [5, 5.41) is 9.73. The van der Waals surface area contributed by atoms with E-state index in [-0.39, 0.29) is 11.9 Å². The number of nitrogens with zero attached hydrogens (tertiary/aromatic N) is 3. The quantitative estimate of drug-likeness (QED) is 0.838. The predicted molar refractivity (Wildman–Crippen MR) is 79.4 cm³/mol. The van der Waals surface area contributed by atoms with Gasteiger partial charge in [-0.15, -0.1) is 0 Å². The van der Waals surface area contributed by atoms with Crippen molar-refractivity contribution in [3.8, 4) is 0 Å². The highest BCUT2D eigenvalue weighted by atomic mass is 16.4. The number of hydrogen-bond donors (Lipinski definition) is 1. The van der Waals surface area contributed by atoms with Crippen molar-refractivity contribution in [1.29, 1.82) is 0 Å². The minimum Gasteiger partial charge on any atom is -0.481 e. The van der Waals surface area contributed by atoms with Crippen LogP contribution >= 0.6 is 0 Å². The molecule has 1 amide bonds. The van der Waals surface area contributed by atoms with Gasteiger partial charge in [0, 0.05) is 6.20 Å². The lowest BCUT2D eigenvalue weighted by molar-refractivity contribution is -0.151. The number of carboxylic acids is 1. The highest BCUT2D eigenvalue weighted by molar-refractivity contribution is 5.94. The zero-order chi connectivity index (χ0) is 15.8. The van der Waals surface area contributed by atoms with Gasteiger partial charge >= 0.3 is 5.97 Å². The maximum Gasteiger partial charge on any atom is 0.309 e. The van der Waals surface area contributed by atoms with Crippen molar-refractivity contribution in [3.05, 3.63) is 24.3 Å². The first kappa shape index (κ1) is 13.5. The number of hydrogen-bond acceptors (Lipinski definition) is 4. The van der Waals surface area contributed by atoms with Crippen molar-refractivity contribution in [3.63, 3.8) is 0 Å². The molecule has 23 heavy (non-hydrogen) atoms. The van der Waals surface area contributed by atoms with Gasteiger partial charge in [0.2, 0.25) is 0 Å². The van der Waals surface area contributed by atoms with Crippen LogP contribution < -0.4 is 0 Å². The Labute approximate surface area is 133 Å². The van der Waals surface area contributed by atoms with Gasteiger partial charge in [0.1, 0.15) is 12.0 Å². The Hall–Kier alpha value is -1.98. The lowest BCUT2D eigenvalue weighted by Gasteiger charge is -2.34. The largest absolute Gasteiger partial charge is 0.481 e. The highest BCUT2D eigenvalue weighted by Gasteiger charge is 2.67. The van der Waals surface area contributed by atoms with E-state index in [1.165, 1.54) is 6.33 Å². The van der Waals surface area contributed by atoms with Crippen molar-refractivity contribution in [1.82, 2.24) is 14.9 Å². The second-order valence-corrected chi connectivity index (χ2v) is 7.82. The van der Waals surface area contributed by atoms with E-state index in [9.17, 15) is 14.7 Å². The standard InChI is InChI=1S/C17H19N3O3/c21-15(12-1-2-18-8-19-12)20-13-4-9-3-10-6-17(5-9,16(22)23)7-11(10)14(13)20/h1-2,8-11,13-14H,3-7H2,(H,22,23). The van der Waals surface area contributed by atoms with Crippen LogP contribution in [0.5, 0.6) is 0 Å². The molecule has 2 heterocycles. The van der Waals surface area contributed by atoms with Crippen molar-refractivity contribution in [2.24, 2.45) is 23.2 Å². The molecular weight excluding hydrogens is 294 g/mol. The van der Waals surface area contributed by atoms with Gasteiger partial charge in [-0.3, -0.25) is 9.59 Å². The fourth-order valence-corrected chi connectivity index (χ4v) is 5.91. The second-order valence-electron chi connectivity index (χ2n) is 7.82. The van der Waals surface area contributed by atoms with E-state index < -0.39 is 11.4 Å². The molecular formula is C17H19N3O3. The molecule has 3 saturated carbocycles. The zero-order valence-corrected chi connectivity index (χ0v) is 12.8. The van der Waals surface area contributed by atoms with Crippen LogP contribution in [-0.4, -0.2) is 43.9 Å². The Morgan fingerprint density at radius 1 is 1.26 bits per heavy atom. The van der Waals surface area contributed by atoms with E-state index >= 15 is 0 Å². The molecule has 1 aliphatic heterocycles. The van der Waals surface area contributed by atoms with Gasteiger partial charge in [-0.05, 0) is 55.9 Å². The van der Waals surface area contributed by atoms with Gasteiger partial charge in [-0.2, -0.15) is 0 Å². The molecule has 6 atom stereocenters. The average molecular weight is 313 g/mol. The predicted octanol–water partition coefficient (Wildman–Crippen LogP) is 1.58. The molecule has 1 aromatic rings. The first-order valence-electron chi connectivity index (χ1n) is 8.41. The molecule has 6 unspecified atom stereocenters. The summed E-state index contributed by atoms with van der Waals surface area (Å²) in [6.45, 7) is 0. The number of rotatable bonds is 2. The monoisotopic (exact) mass is 313 g/mol. The SMILES string of the molecule is O=C(c1ccncn1)N1C2CC3CC4CC(C(=O)O)(C3)CC4C21. The normalized spacial score (nSPS) is 43.0. The van der Waals surface area contributed by atoms with E-state index in [1.807, 2.05) is 4.90 Å². The smallest absolute Gasteiger partial charge is 0.309 e. The zero-order valence-electron chi connectivity index (χ0n) is 12.8. The Kier molecular flexibility index (Phi) is 2.52. The van der Waals surface area contributed by atoms with E-state index in [1.54, 1.807) is 12.3 Å². The third kappa shape index (κ3) is 1.75. The van der Waals surface area contributed by atoms with E-state index in [0.717, 1.165) is 32.1 Å². The second kappa shape index (κ2) is 4.30. The summed E-state index contributed by atoms with van der Waals surface area (Å²) in [7, 11) is 0. The molecule has 4 aliphatic rings. The summed E-state index contributed by atoms with van der Waals surface area (Å²) in [6, 6.07) is 2.18. The third-order valence-corrected chi connectivity index (χ3v) is 6.69. The molecule has 3 aliphatic carbocycles. The summed E-state index contributed by atoms with van der Waals surface area (Å²) in [5.41, 5.74) is -0.0713.